The molecule has 0 unspecified atom stereocenters. The molecule has 0 aliphatic carbocycles. The summed E-state index contributed by atoms with van der Waals surface area (Å²) in [6.07, 6.45) is -3.72. The lowest BCUT2D eigenvalue weighted by Gasteiger charge is -2.27. The van der Waals surface area contributed by atoms with Crippen molar-refractivity contribution in [1.82, 2.24) is 14.5 Å². The topological polar surface area (TPSA) is 75.3 Å². The van der Waals surface area contributed by atoms with E-state index in [1.54, 1.807) is 0 Å². The fraction of sp³-hybridized carbons (Fsp3) is 0.750. The summed E-state index contributed by atoms with van der Waals surface area (Å²) in [6.45, 7) is 0.807. The van der Waals surface area contributed by atoms with Gasteiger partial charge >= 0.3 is 6.18 Å². The van der Waals surface area contributed by atoms with Gasteiger partial charge < -0.3 is 4.74 Å². The van der Waals surface area contributed by atoms with E-state index in [1.165, 1.54) is 0 Å². The van der Waals surface area contributed by atoms with Gasteiger partial charge in [0.1, 0.15) is 0 Å². The summed E-state index contributed by atoms with van der Waals surface area (Å²) in [6, 6.07) is 0. The lowest BCUT2D eigenvalue weighted by atomic mass is 10.1. The zero-order chi connectivity index (χ0) is 16.0. The number of rotatable bonds is 3. The maximum absolute atomic E-state index is 12.9. The van der Waals surface area contributed by atoms with Gasteiger partial charge in [-0.2, -0.15) is 22.6 Å². The van der Waals surface area contributed by atoms with Crippen molar-refractivity contribution in [2.45, 2.75) is 25.6 Å². The Kier molecular flexibility index (Phi) is 3.94. The summed E-state index contributed by atoms with van der Waals surface area (Å²) >= 11 is 0. The maximum Gasteiger partial charge on any atom is 0.435 e. The average molecular weight is 339 g/mol. The van der Waals surface area contributed by atoms with Gasteiger partial charge in [0.15, 0.2) is 5.69 Å². The smallest absolute Gasteiger partial charge is 0.381 e. The number of hydrogen-bond donors (Lipinski definition) is 1. The Hall–Kier alpha value is -1.13. The summed E-state index contributed by atoms with van der Waals surface area (Å²) in [5.41, 5.74) is -0.723. The fourth-order valence-electron chi connectivity index (χ4n) is 2.86. The lowest BCUT2D eigenvalue weighted by Crippen LogP contribution is -2.39. The highest BCUT2D eigenvalue weighted by Crippen LogP contribution is 2.34. The summed E-state index contributed by atoms with van der Waals surface area (Å²) < 4.78 is 69.7. The first kappa shape index (κ1) is 15.8. The van der Waals surface area contributed by atoms with E-state index >= 15 is 0 Å². The first-order valence-corrected chi connectivity index (χ1v) is 8.57. The van der Waals surface area contributed by atoms with Crippen LogP contribution in [0.2, 0.25) is 0 Å². The number of aromatic amines is 1. The van der Waals surface area contributed by atoms with Crippen molar-refractivity contribution in [1.29, 1.82) is 0 Å². The van der Waals surface area contributed by atoms with Gasteiger partial charge in [-0.15, -0.1) is 0 Å². The molecular weight excluding hydrogens is 323 g/mol. The third kappa shape index (κ3) is 2.99. The Morgan fingerprint density at radius 3 is 2.82 bits per heavy atom. The first-order chi connectivity index (χ1) is 10.3. The number of aromatic nitrogens is 2. The monoisotopic (exact) mass is 339 g/mol. The molecule has 0 bridgehead atoms. The Bertz CT molecular complexity index is 650. The number of ether oxygens (including phenoxy) is 1. The molecule has 0 saturated carbocycles. The van der Waals surface area contributed by atoms with Gasteiger partial charge in [0.05, 0.1) is 12.4 Å². The molecule has 0 spiro atoms. The molecular formula is C12H16F3N3O3S. The van der Waals surface area contributed by atoms with Crippen LogP contribution in [0.25, 0.3) is 0 Å². The molecule has 0 aromatic carbocycles. The van der Waals surface area contributed by atoms with Crippen LogP contribution in [0.3, 0.4) is 0 Å². The van der Waals surface area contributed by atoms with E-state index in [1.807, 2.05) is 0 Å². The number of alkyl halides is 3. The molecule has 1 N–H and O–H groups in total. The minimum Gasteiger partial charge on any atom is -0.381 e. The molecule has 1 aromatic heterocycles. The highest BCUT2D eigenvalue weighted by atomic mass is 32.2. The quantitative estimate of drug-likeness (QED) is 0.896. The van der Waals surface area contributed by atoms with E-state index in [-0.39, 0.29) is 36.7 Å². The molecule has 1 aromatic rings. The molecule has 3 rings (SSSR count). The lowest BCUT2D eigenvalue weighted by molar-refractivity contribution is -0.142. The van der Waals surface area contributed by atoms with Gasteiger partial charge in [-0.3, -0.25) is 5.10 Å². The fourth-order valence-corrected chi connectivity index (χ4v) is 4.62. The Balaban J connectivity index is 1.79. The minimum atomic E-state index is -4.59. The van der Waals surface area contributed by atoms with Crippen LogP contribution in [0, 0.1) is 5.92 Å². The van der Waals surface area contributed by atoms with Crippen LogP contribution in [0.5, 0.6) is 0 Å². The molecule has 1 fully saturated rings. The maximum atomic E-state index is 12.9. The van der Waals surface area contributed by atoms with Gasteiger partial charge in [-0.25, -0.2) is 8.42 Å². The van der Waals surface area contributed by atoms with Crippen LogP contribution in [0.1, 0.15) is 23.4 Å². The van der Waals surface area contributed by atoms with Gasteiger partial charge in [0, 0.05) is 37.4 Å². The van der Waals surface area contributed by atoms with E-state index in [4.69, 9.17) is 4.74 Å². The largest absolute Gasteiger partial charge is 0.435 e. The predicted molar refractivity (Wildman–Crippen MR) is 70.4 cm³/mol. The van der Waals surface area contributed by atoms with E-state index in [0.717, 1.165) is 4.31 Å². The predicted octanol–water partition coefficient (Wildman–Crippen LogP) is 1.15. The standard InChI is InChI=1S/C12H16F3N3O3S/c13-12(14,15)11-9-5-18(3-1-10(9)16-17-11)22(19,20)7-8-2-4-21-6-8/h8H,1-7H2,(H,16,17)/t8-/m0/s1. The summed E-state index contributed by atoms with van der Waals surface area (Å²) in [4.78, 5) is 0. The molecule has 1 atom stereocenters. The van der Waals surface area contributed by atoms with Crippen molar-refractivity contribution in [3.63, 3.8) is 0 Å². The average Bonchev–Trinajstić information content (AvgIpc) is 3.04. The van der Waals surface area contributed by atoms with E-state index in [2.05, 4.69) is 10.2 Å². The van der Waals surface area contributed by atoms with E-state index in [9.17, 15) is 21.6 Å². The molecule has 124 valence electrons. The SMILES string of the molecule is O=S(=O)(C[C@H]1CCOC1)N1CCc2[nH]nc(C(F)(F)F)c2C1. The van der Waals surface area contributed by atoms with Crippen LogP contribution in [0.15, 0.2) is 0 Å². The van der Waals surface area contributed by atoms with Crippen molar-refractivity contribution in [3.8, 4) is 0 Å². The molecule has 2 aliphatic rings. The molecule has 0 radical (unpaired) electrons. The van der Waals surface area contributed by atoms with Gasteiger partial charge in [-0.1, -0.05) is 0 Å². The van der Waals surface area contributed by atoms with Crippen molar-refractivity contribution < 1.29 is 26.3 Å². The van der Waals surface area contributed by atoms with Crippen LogP contribution in [-0.2, 0) is 33.9 Å². The molecule has 1 saturated heterocycles. The molecule has 6 nitrogen and oxygen atoms in total. The van der Waals surface area contributed by atoms with E-state index < -0.39 is 21.9 Å². The minimum absolute atomic E-state index is 0.0648. The molecule has 10 heteroatoms. The highest BCUT2D eigenvalue weighted by Gasteiger charge is 2.41. The number of fused-ring (bicyclic) bond motifs is 1. The molecule has 22 heavy (non-hydrogen) atoms. The number of sulfonamides is 1. The third-order valence-corrected chi connectivity index (χ3v) is 6.02. The van der Waals surface area contributed by atoms with Crippen LogP contribution < -0.4 is 0 Å². The van der Waals surface area contributed by atoms with Crippen LogP contribution in [0.4, 0.5) is 13.2 Å². The van der Waals surface area contributed by atoms with E-state index in [0.29, 0.717) is 25.3 Å². The first-order valence-electron chi connectivity index (χ1n) is 6.96. The number of nitrogens with zero attached hydrogens (tertiary/aromatic N) is 2. The number of halogens is 3. The van der Waals surface area contributed by atoms with Crippen molar-refractivity contribution in [2.24, 2.45) is 5.92 Å². The second kappa shape index (κ2) is 5.50. The molecule has 2 aliphatic heterocycles. The normalized spacial score (nSPS) is 23.7. The summed E-state index contributed by atoms with van der Waals surface area (Å²) in [5, 5.41) is 5.66. The van der Waals surface area contributed by atoms with Crippen molar-refractivity contribution in [3.05, 3.63) is 17.0 Å². The Labute approximate surface area is 125 Å². The Morgan fingerprint density at radius 2 is 2.18 bits per heavy atom. The van der Waals surface area contributed by atoms with Crippen molar-refractivity contribution in [2.75, 3.05) is 25.5 Å². The number of hydrogen-bond acceptors (Lipinski definition) is 4. The van der Waals surface area contributed by atoms with Gasteiger partial charge in [0.25, 0.3) is 0 Å². The van der Waals surface area contributed by atoms with Gasteiger partial charge in [0.2, 0.25) is 10.0 Å². The summed E-state index contributed by atoms with van der Waals surface area (Å²) in [5.74, 6) is -0.167. The van der Waals surface area contributed by atoms with Crippen LogP contribution in [-0.4, -0.2) is 48.4 Å². The second-order valence-electron chi connectivity index (χ2n) is 5.62. The number of nitrogens with one attached hydrogen (secondary N) is 1. The zero-order valence-corrected chi connectivity index (χ0v) is 12.5. The Morgan fingerprint density at radius 1 is 1.41 bits per heavy atom. The number of H-pyrrole nitrogens is 1. The van der Waals surface area contributed by atoms with Crippen LogP contribution >= 0.6 is 0 Å². The summed E-state index contributed by atoms with van der Waals surface area (Å²) in [7, 11) is -3.61. The van der Waals surface area contributed by atoms with Gasteiger partial charge in [-0.05, 0) is 12.3 Å². The second-order valence-corrected chi connectivity index (χ2v) is 7.63. The zero-order valence-electron chi connectivity index (χ0n) is 11.7. The van der Waals surface area contributed by atoms with Crippen molar-refractivity contribution >= 4 is 10.0 Å². The molecule has 3 heterocycles. The third-order valence-electron chi connectivity index (χ3n) is 4.03. The highest BCUT2D eigenvalue weighted by molar-refractivity contribution is 7.89. The molecule has 0 amide bonds.